The lowest BCUT2D eigenvalue weighted by Crippen LogP contribution is -2.14. The zero-order chi connectivity index (χ0) is 15.5. The van der Waals surface area contributed by atoms with Crippen LogP contribution in [0.3, 0.4) is 0 Å². The zero-order valence-electron chi connectivity index (χ0n) is 11.8. The van der Waals surface area contributed by atoms with Crippen molar-refractivity contribution in [3.63, 3.8) is 0 Å². The second kappa shape index (κ2) is 6.11. The van der Waals surface area contributed by atoms with Gasteiger partial charge in [-0.15, -0.1) is 0 Å². The molecule has 3 aromatic rings. The van der Waals surface area contributed by atoms with E-state index in [4.69, 9.17) is 4.74 Å². The van der Waals surface area contributed by atoms with Crippen molar-refractivity contribution in [3.05, 3.63) is 53.8 Å². The molecule has 4 nitrogen and oxygen atoms in total. The number of hydrogen-bond donors (Lipinski definition) is 1. The van der Waals surface area contributed by atoms with E-state index in [1.54, 1.807) is 6.07 Å². The topological polar surface area (TPSA) is 51.2 Å². The Bertz CT molecular complexity index is 799. The molecule has 0 fully saturated rings. The molecule has 2 aromatic carbocycles. The van der Waals surface area contributed by atoms with E-state index in [2.05, 4.69) is 10.3 Å². The first-order valence-corrected chi connectivity index (χ1v) is 7.45. The van der Waals surface area contributed by atoms with E-state index in [9.17, 15) is 9.18 Å². The lowest BCUT2D eigenvalue weighted by atomic mass is 10.1. The number of methoxy groups -OCH3 is 1. The van der Waals surface area contributed by atoms with Crippen molar-refractivity contribution in [2.75, 3.05) is 12.4 Å². The van der Waals surface area contributed by atoms with Crippen LogP contribution in [-0.4, -0.2) is 18.0 Å². The number of nitrogens with zero attached hydrogens (tertiary/aromatic N) is 1. The fraction of sp³-hybridized carbons (Fsp3) is 0.125. The molecule has 1 heterocycles. The van der Waals surface area contributed by atoms with Gasteiger partial charge in [0.2, 0.25) is 5.91 Å². The first-order chi connectivity index (χ1) is 10.7. The van der Waals surface area contributed by atoms with Gasteiger partial charge >= 0.3 is 0 Å². The van der Waals surface area contributed by atoms with Gasteiger partial charge in [-0.3, -0.25) is 4.79 Å². The van der Waals surface area contributed by atoms with Crippen LogP contribution in [0.25, 0.3) is 10.2 Å². The minimum atomic E-state index is -0.479. The third kappa shape index (κ3) is 3.07. The van der Waals surface area contributed by atoms with E-state index < -0.39 is 5.82 Å². The number of thiazole rings is 1. The number of rotatable bonds is 4. The number of amides is 1. The molecule has 1 N–H and O–H groups in total. The van der Waals surface area contributed by atoms with Crippen LogP contribution in [0.1, 0.15) is 5.56 Å². The Labute approximate surface area is 130 Å². The SMILES string of the molecule is COc1ccc(CC(=O)Nc2nc3ccccc3s2)cc1F. The summed E-state index contributed by atoms with van der Waals surface area (Å²) in [7, 11) is 1.40. The van der Waals surface area contributed by atoms with E-state index in [0.717, 1.165) is 10.2 Å². The summed E-state index contributed by atoms with van der Waals surface area (Å²) in [6.45, 7) is 0. The van der Waals surface area contributed by atoms with Gasteiger partial charge in [0, 0.05) is 0 Å². The van der Waals surface area contributed by atoms with Crippen LogP contribution in [0.15, 0.2) is 42.5 Å². The highest BCUT2D eigenvalue weighted by Gasteiger charge is 2.10. The van der Waals surface area contributed by atoms with Crippen molar-refractivity contribution >= 4 is 32.6 Å². The number of anilines is 1. The molecule has 0 saturated heterocycles. The van der Waals surface area contributed by atoms with Crippen molar-refractivity contribution in [1.82, 2.24) is 4.98 Å². The molecule has 22 heavy (non-hydrogen) atoms. The van der Waals surface area contributed by atoms with Crippen molar-refractivity contribution < 1.29 is 13.9 Å². The van der Waals surface area contributed by atoms with Gasteiger partial charge in [-0.1, -0.05) is 29.5 Å². The van der Waals surface area contributed by atoms with E-state index >= 15 is 0 Å². The second-order valence-electron chi connectivity index (χ2n) is 4.68. The smallest absolute Gasteiger partial charge is 0.230 e. The van der Waals surface area contributed by atoms with Crippen LogP contribution < -0.4 is 10.1 Å². The highest BCUT2D eigenvalue weighted by molar-refractivity contribution is 7.22. The Morgan fingerprint density at radius 3 is 2.86 bits per heavy atom. The van der Waals surface area contributed by atoms with Crippen LogP contribution in [0.2, 0.25) is 0 Å². The Kier molecular flexibility index (Phi) is 4.02. The van der Waals surface area contributed by atoms with E-state index in [0.29, 0.717) is 10.7 Å². The van der Waals surface area contributed by atoms with E-state index in [-0.39, 0.29) is 18.1 Å². The molecule has 0 bridgehead atoms. The van der Waals surface area contributed by atoms with Crippen molar-refractivity contribution in [2.24, 2.45) is 0 Å². The molecule has 0 saturated carbocycles. The maximum absolute atomic E-state index is 13.6. The summed E-state index contributed by atoms with van der Waals surface area (Å²) in [6.07, 6.45) is 0.0802. The number of aromatic nitrogens is 1. The predicted octanol–water partition coefficient (Wildman–Crippen LogP) is 3.63. The lowest BCUT2D eigenvalue weighted by Gasteiger charge is -2.05. The van der Waals surface area contributed by atoms with Gasteiger partial charge in [-0.05, 0) is 29.8 Å². The van der Waals surface area contributed by atoms with E-state index in [1.165, 1.54) is 30.6 Å². The third-order valence-corrected chi connectivity index (χ3v) is 4.07. The lowest BCUT2D eigenvalue weighted by molar-refractivity contribution is -0.115. The van der Waals surface area contributed by atoms with Gasteiger partial charge in [-0.25, -0.2) is 9.37 Å². The molecule has 0 spiro atoms. The Balaban J connectivity index is 1.70. The molecule has 0 radical (unpaired) electrons. The van der Waals surface area contributed by atoms with Crippen LogP contribution in [0, 0.1) is 5.82 Å². The molecule has 0 aliphatic carbocycles. The molecule has 0 atom stereocenters. The summed E-state index contributed by atoms with van der Waals surface area (Å²) in [5, 5.41) is 3.28. The summed E-state index contributed by atoms with van der Waals surface area (Å²) in [5.74, 6) is -0.549. The molecular formula is C16H13FN2O2S. The molecular weight excluding hydrogens is 303 g/mol. The number of nitrogens with one attached hydrogen (secondary N) is 1. The summed E-state index contributed by atoms with van der Waals surface area (Å²) < 4.78 is 19.5. The number of carbonyl (C=O) groups is 1. The molecule has 1 amide bonds. The van der Waals surface area contributed by atoms with Gasteiger partial charge in [0.1, 0.15) is 0 Å². The largest absolute Gasteiger partial charge is 0.494 e. The van der Waals surface area contributed by atoms with Gasteiger partial charge < -0.3 is 10.1 Å². The van der Waals surface area contributed by atoms with Crippen molar-refractivity contribution in [2.45, 2.75) is 6.42 Å². The average molecular weight is 316 g/mol. The molecule has 3 rings (SSSR count). The molecule has 112 valence electrons. The number of ether oxygens (including phenoxy) is 1. The van der Waals surface area contributed by atoms with Crippen LogP contribution >= 0.6 is 11.3 Å². The van der Waals surface area contributed by atoms with E-state index in [1.807, 2.05) is 24.3 Å². The highest BCUT2D eigenvalue weighted by atomic mass is 32.1. The van der Waals surface area contributed by atoms with Gasteiger partial charge in [0.15, 0.2) is 16.7 Å². The summed E-state index contributed by atoms with van der Waals surface area (Å²) in [6, 6.07) is 12.1. The summed E-state index contributed by atoms with van der Waals surface area (Å²) in [5.41, 5.74) is 1.43. The molecule has 0 aliphatic rings. The predicted molar refractivity (Wildman–Crippen MR) is 84.9 cm³/mol. The summed E-state index contributed by atoms with van der Waals surface area (Å²) in [4.78, 5) is 16.4. The summed E-state index contributed by atoms with van der Waals surface area (Å²) >= 11 is 1.41. The minimum absolute atomic E-state index is 0.0802. The number of benzene rings is 2. The first kappa shape index (κ1) is 14.5. The third-order valence-electron chi connectivity index (χ3n) is 3.12. The maximum atomic E-state index is 13.6. The number of carbonyl (C=O) groups excluding carboxylic acids is 1. The molecule has 6 heteroatoms. The number of para-hydroxylation sites is 1. The van der Waals surface area contributed by atoms with Crippen LogP contribution in [-0.2, 0) is 11.2 Å². The van der Waals surface area contributed by atoms with Crippen molar-refractivity contribution in [1.29, 1.82) is 0 Å². The fourth-order valence-corrected chi connectivity index (χ4v) is 2.98. The standard InChI is InChI=1S/C16H13FN2O2S/c1-21-13-7-6-10(8-11(13)17)9-15(20)19-16-18-12-4-2-3-5-14(12)22-16/h2-8H,9H2,1H3,(H,18,19,20). The molecule has 0 aliphatic heterocycles. The van der Waals surface area contributed by atoms with Crippen molar-refractivity contribution in [3.8, 4) is 5.75 Å². The molecule has 1 aromatic heterocycles. The van der Waals surface area contributed by atoms with Gasteiger partial charge in [0.25, 0.3) is 0 Å². The van der Waals surface area contributed by atoms with Crippen LogP contribution in [0.5, 0.6) is 5.75 Å². The van der Waals surface area contributed by atoms with Gasteiger partial charge in [-0.2, -0.15) is 0 Å². The minimum Gasteiger partial charge on any atom is -0.494 e. The second-order valence-corrected chi connectivity index (χ2v) is 5.71. The van der Waals surface area contributed by atoms with Gasteiger partial charge in [0.05, 0.1) is 23.7 Å². The molecule has 0 unspecified atom stereocenters. The average Bonchev–Trinajstić information content (AvgIpc) is 2.89. The number of hydrogen-bond acceptors (Lipinski definition) is 4. The monoisotopic (exact) mass is 316 g/mol. The first-order valence-electron chi connectivity index (χ1n) is 6.63. The number of fused-ring (bicyclic) bond motifs is 1. The fourth-order valence-electron chi connectivity index (χ4n) is 2.09. The Hall–Kier alpha value is -2.47. The zero-order valence-corrected chi connectivity index (χ0v) is 12.6. The Morgan fingerprint density at radius 2 is 2.14 bits per heavy atom. The Morgan fingerprint density at radius 1 is 1.32 bits per heavy atom. The quantitative estimate of drug-likeness (QED) is 0.800. The maximum Gasteiger partial charge on any atom is 0.230 e. The normalized spacial score (nSPS) is 10.6. The highest BCUT2D eigenvalue weighted by Crippen LogP contribution is 2.25. The van der Waals surface area contributed by atoms with Crippen LogP contribution in [0.4, 0.5) is 9.52 Å². The number of halogens is 1.